The summed E-state index contributed by atoms with van der Waals surface area (Å²) in [5, 5.41) is 0. The fourth-order valence-corrected chi connectivity index (χ4v) is 1.70. The lowest BCUT2D eigenvalue weighted by Crippen LogP contribution is -2.45. The Morgan fingerprint density at radius 2 is 2.42 bits per heavy atom. The van der Waals surface area contributed by atoms with E-state index in [-0.39, 0.29) is 11.9 Å². The van der Waals surface area contributed by atoms with Gasteiger partial charge in [-0.05, 0) is 19.3 Å². The molecule has 1 aliphatic rings. The second-order valence-corrected chi connectivity index (χ2v) is 3.20. The zero-order valence-electron chi connectivity index (χ0n) is 7.45. The molecule has 0 spiro atoms. The van der Waals surface area contributed by atoms with Gasteiger partial charge in [-0.2, -0.15) is 0 Å². The van der Waals surface area contributed by atoms with E-state index >= 15 is 0 Å². The van der Waals surface area contributed by atoms with Crippen molar-refractivity contribution in [2.45, 2.75) is 32.2 Å². The minimum atomic E-state index is 0.122. The molecular formula is C8H16N2O2. The van der Waals surface area contributed by atoms with Gasteiger partial charge in [0.2, 0.25) is 5.91 Å². The van der Waals surface area contributed by atoms with Crippen molar-refractivity contribution in [3.8, 4) is 0 Å². The fraction of sp³-hybridized carbons (Fsp3) is 0.875. The van der Waals surface area contributed by atoms with E-state index in [1.807, 2.05) is 4.90 Å². The van der Waals surface area contributed by atoms with Gasteiger partial charge >= 0.3 is 0 Å². The lowest BCUT2D eigenvalue weighted by molar-refractivity contribution is -0.134. The molecule has 0 bridgehead atoms. The molecule has 0 aliphatic carbocycles. The van der Waals surface area contributed by atoms with Crippen molar-refractivity contribution in [3.63, 3.8) is 0 Å². The minimum absolute atomic E-state index is 0.122. The van der Waals surface area contributed by atoms with Crippen molar-refractivity contribution in [3.05, 3.63) is 0 Å². The molecule has 1 aliphatic heterocycles. The van der Waals surface area contributed by atoms with Crippen molar-refractivity contribution in [2.75, 3.05) is 13.2 Å². The van der Waals surface area contributed by atoms with Crippen molar-refractivity contribution < 1.29 is 9.63 Å². The zero-order valence-corrected chi connectivity index (χ0v) is 7.45. The maximum absolute atomic E-state index is 11.1. The molecule has 0 aromatic heterocycles. The molecule has 70 valence electrons. The Hall–Kier alpha value is -0.610. The lowest BCUT2D eigenvalue weighted by atomic mass is 10.0. The molecule has 0 saturated carbocycles. The van der Waals surface area contributed by atoms with Crippen LogP contribution in [0.25, 0.3) is 0 Å². The molecule has 1 unspecified atom stereocenters. The highest BCUT2D eigenvalue weighted by atomic mass is 16.6. The summed E-state index contributed by atoms with van der Waals surface area (Å²) < 4.78 is 0. The summed E-state index contributed by atoms with van der Waals surface area (Å²) in [5.41, 5.74) is 0. The molecule has 1 amide bonds. The van der Waals surface area contributed by atoms with Crippen molar-refractivity contribution in [1.82, 2.24) is 4.90 Å². The molecule has 2 N–H and O–H groups in total. The first-order chi connectivity index (χ1) is 5.75. The Balaban J connectivity index is 2.48. The molecule has 4 nitrogen and oxygen atoms in total. The van der Waals surface area contributed by atoms with E-state index in [1.165, 1.54) is 0 Å². The Bertz CT molecular complexity index is 159. The van der Waals surface area contributed by atoms with Gasteiger partial charge in [0.05, 0.1) is 12.6 Å². The van der Waals surface area contributed by atoms with Gasteiger partial charge in [-0.15, -0.1) is 0 Å². The SMILES string of the molecule is CC(=O)N1CCCCC1CON. The summed E-state index contributed by atoms with van der Waals surface area (Å²) in [4.78, 5) is 17.5. The maximum atomic E-state index is 11.1. The third kappa shape index (κ3) is 2.19. The predicted octanol–water partition coefficient (Wildman–Crippen LogP) is 0.278. The van der Waals surface area contributed by atoms with Crippen LogP contribution in [0.5, 0.6) is 0 Å². The summed E-state index contributed by atoms with van der Waals surface area (Å²) in [6.45, 7) is 2.90. The molecule has 1 heterocycles. The molecule has 1 saturated heterocycles. The van der Waals surface area contributed by atoms with Gasteiger partial charge in [-0.1, -0.05) is 0 Å². The topological polar surface area (TPSA) is 55.6 Å². The number of amides is 1. The Kier molecular flexibility index (Phi) is 3.49. The highest BCUT2D eigenvalue weighted by Gasteiger charge is 2.23. The molecule has 1 atom stereocenters. The highest BCUT2D eigenvalue weighted by molar-refractivity contribution is 5.73. The van der Waals surface area contributed by atoms with Gasteiger partial charge in [-0.25, -0.2) is 5.90 Å². The van der Waals surface area contributed by atoms with Crippen LogP contribution in [0.2, 0.25) is 0 Å². The highest BCUT2D eigenvalue weighted by Crippen LogP contribution is 2.16. The largest absolute Gasteiger partial charge is 0.338 e. The fourth-order valence-electron chi connectivity index (χ4n) is 1.70. The van der Waals surface area contributed by atoms with Crippen molar-refractivity contribution in [2.24, 2.45) is 5.90 Å². The minimum Gasteiger partial charge on any atom is -0.338 e. The van der Waals surface area contributed by atoms with E-state index < -0.39 is 0 Å². The van der Waals surface area contributed by atoms with Crippen LogP contribution in [-0.2, 0) is 9.63 Å². The first-order valence-corrected chi connectivity index (χ1v) is 4.34. The van der Waals surface area contributed by atoms with E-state index in [0.717, 1.165) is 25.8 Å². The zero-order chi connectivity index (χ0) is 8.97. The lowest BCUT2D eigenvalue weighted by Gasteiger charge is -2.34. The van der Waals surface area contributed by atoms with E-state index in [2.05, 4.69) is 4.84 Å². The summed E-state index contributed by atoms with van der Waals surface area (Å²) >= 11 is 0. The number of carbonyl (C=O) groups excluding carboxylic acids is 1. The average molecular weight is 172 g/mol. The van der Waals surface area contributed by atoms with Gasteiger partial charge in [0.15, 0.2) is 0 Å². The number of likely N-dealkylation sites (tertiary alicyclic amines) is 1. The summed E-state index contributed by atoms with van der Waals surface area (Å²) in [7, 11) is 0. The summed E-state index contributed by atoms with van der Waals surface area (Å²) in [6.07, 6.45) is 3.27. The average Bonchev–Trinajstić information content (AvgIpc) is 2.05. The van der Waals surface area contributed by atoms with Crippen LogP contribution in [0, 0.1) is 0 Å². The summed E-state index contributed by atoms with van der Waals surface area (Å²) in [6, 6.07) is 0.196. The normalized spacial score (nSPS) is 24.2. The number of piperidine rings is 1. The molecule has 0 aromatic rings. The maximum Gasteiger partial charge on any atom is 0.219 e. The van der Waals surface area contributed by atoms with Crippen molar-refractivity contribution >= 4 is 5.91 Å². The van der Waals surface area contributed by atoms with Crippen LogP contribution in [0.3, 0.4) is 0 Å². The molecule has 0 radical (unpaired) electrons. The van der Waals surface area contributed by atoms with Gasteiger partial charge < -0.3 is 9.74 Å². The molecule has 0 aromatic carbocycles. The first kappa shape index (κ1) is 9.48. The van der Waals surface area contributed by atoms with E-state index in [0.29, 0.717) is 6.61 Å². The monoisotopic (exact) mass is 172 g/mol. The Morgan fingerprint density at radius 3 is 3.00 bits per heavy atom. The number of hydrogen-bond donors (Lipinski definition) is 1. The second kappa shape index (κ2) is 4.42. The molecule has 12 heavy (non-hydrogen) atoms. The second-order valence-electron chi connectivity index (χ2n) is 3.20. The van der Waals surface area contributed by atoms with Crippen LogP contribution in [0.15, 0.2) is 0 Å². The number of hydrogen-bond acceptors (Lipinski definition) is 3. The standard InChI is InChI=1S/C8H16N2O2/c1-7(11)10-5-3-2-4-8(10)6-12-9/h8H,2-6,9H2,1H3. The molecule has 4 heteroatoms. The van der Waals surface area contributed by atoms with Crippen LogP contribution in [0.4, 0.5) is 0 Å². The van der Waals surface area contributed by atoms with E-state index in [4.69, 9.17) is 5.90 Å². The predicted molar refractivity (Wildman–Crippen MR) is 45.2 cm³/mol. The Labute approximate surface area is 72.6 Å². The van der Waals surface area contributed by atoms with Gasteiger partial charge in [0.1, 0.15) is 0 Å². The quantitative estimate of drug-likeness (QED) is 0.608. The van der Waals surface area contributed by atoms with Crippen LogP contribution in [0.1, 0.15) is 26.2 Å². The van der Waals surface area contributed by atoms with Gasteiger partial charge in [-0.3, -0.25) is 4.79 Å². The van der Waals surface area contributed by atoms with E-state index in [9.17, 15) is 4.79 Å². The third-order valence-corrected chi connectivity index (χ3v) is 2.32. The number of carbonyl (C=O) groups is 1. The van der Waals surface area contributed by atoms with Gasteiger partial charge in [0, 0.05) is 13.5 Å². The number of nitrogens with zero attached hydrogens (tertiary/aromatic N) is 1. The van der Waals surface area contributed by atoms with Crippen LogP contribution in [-0.4, -0.2) is 30.0 Å². The molecular weight excluding hydrogens is 156 g/mol. The smallest absolute Gasteiger partial charge is 0.219 e. The molecule has 1 rings (SSSR count). The van der Waals surface area contributed by atoms with Crippen LogP contribution < -0.4 is 5.90 Å². The van der Waals surface area contributed by atoms with Crippen molar-refractivity contribution in [1.29, 1.82) is 0 Å². The Morgan fingerprint density at radius 1 is 1.67 bits per heavy atom. The third-order valence-electron chi connectivity index (χ3n) is 2.32. The van der Waals surface area contributed by atoms with Crippen LogP contribution >= 0.6 is 0 Å². The van der Waals surface area contributed by atoms with Gasteiger partial charge in [0.25, 0.3) is 0 Å². The number of rotatable bonds is 2. The summed E-state index contributed by atoms with van der Waals surface area (Å²) in [5.74, 6) is 5.11. The first-order valence-electron chi connectivity index (χ1n) is 4.34. The molecule has 1 fully saturated rings. The van der Waals surface area contributed by atoms with E-state index in [1.54, 1.807) is 6.92 Å². The number of nitrogens with two attached hydrogens (primary N) is 1.